The van der Waals surface area contributed by atoms with E-state index in [1.54, 1.807) is 0 Å². The molecule has 1 aromatic rings. The summed E-state index contributed by atoms with van der Waals surface area (Å²) in [5.74, 6) is 0. The molecule has 1 fully saturated rings. The van der Waals surface area contributed by atoms with Crippen molar-refractivity contribution in [3.05, 3.63) is 48.6 Å². The van der Waals surface area contributed by atoms with Gasteiger partial charge in [0.25, 0.3) is 0 Å². The molecule has 2 rings (SSSR count). The molecule has 1 unspecified atom stereocenters. The quantitative estimate of drug-likeness (QED) is 0.590. The molecule has 122 valence electrons. The smallest absolute Gasteiger partial charge is 0.187 e. The van der Waals surface area contributed by atoms with Gasteiger partial charge in [0.2, 0.25) is 0 Å². The summed E-state index contributed by atoms with van der Waals surface area (Å²) < 4.78 is 12.2. The van der Waals surface area contributed by atoms with Crippen LogP contribution >= 0.6 is 0 Å². The van der Waals surface area contributed by atoms with Gasteiger partial charge in [-0.05, 0) is 31.1 Å². The lowest BCUT2D eigenvalue weighted by molar-refractivity contribution is 0.0176. The van der Waals surface area contributed by atoms with Crippen molar-refractivity contribution in [2.45, 2.75) is 38.2 Å². The van der Waals surface area contributed by atoms with E-state index in [0.29, 0.717) is 6.61 Å². The second kappa shape index (κ2) is 8.63. The predicted molar refractivity (Wildman–Crippen MR) is 94.5 cm³/mol. The van der Waals surface area contributed by atoms with Crippen LogP contribution in [0.2, 0.25) is 19.1 Å². The maximum Gasteiger partial charge on any atom is 0.187 e. The Balaban J connectivity index is 1.97. The molecule has 1 aliphatic rings. The van der Waals surface area contributed by atoms with Crippen molar-refractivity contribution in [1.82, 2.24) is 4.90 Å². The standard InChI is InChI=1S/C18H29NO2Si/c1-4-11-19(14-17-9-6-5-7-10-17)15-18-16-20-12-8-13-22(2,3)21-18/h4-7,9-10,18H,1,8,11-16H2,2-3H3. The van der Waals surface area contributed by atoms with Crippen LogP contribution in [0.5, 0.6) is 0 Å². The Morgan fingerprint density at radius 2 is 2.09 bits per heavy atom. The van der Waals surface area contributed by atoms with Gasteiger partial charge in [-0.1, -0.05) is 36.4 Å². The fourth-order valence-electron chi connectivity index (χ4n) is 2.96. The molecule has 0 spiro atoms. The van der Waals surface area contributed by atoms with Gasteiger partial charge in [-0.25, -0.2) is 0 Å². The molecule has 0 amide bonds. The van der Waals surface area contributed by atoms with Gasteiger partial charge in [-0.2, -0.15) is 0 Å². The van der Waals surface area contributed by atoms with Crippen molar-refractivity contribution in [3.8, 4) is 0 Å². The molecule has 3 nitrogen and oxygen atoms in total. The van der Waals surface area contributed by atoms with Crippen molar-refractivity contribution in [3.63, 3.8) is 0 Å². The third-order valence-corrected chi connectivity index (χ3v) is 6.48. The average Bonchev–Trinajstić information content (AvgIpc) is 2.46. The Bertz CT molecular complexity index is 450. The van der Waals surface area contributed by atoms with Crippen LogP contribution in [-0.2, 0) is 15.7 Å². The molecule has 1 heterocycles. The van der Waals surface area contributed by atoms with Gasteiger partial charge in [0.05, 0.1) is 12.7 Å². The van der Waals surface area contributed by atoms with Crippen molar-refractivity contribution in [2.75, 3.05) is 26.3 Å². The molecule has 1 atom stereocenters. The molecule has 0 aromatic heterocycles. The highest BCUT2D eigenvalue weighted by atomic mass is 28.4. The molecule has 0 aliphatic carbocycles. The van der Waals surface area contributed by atoms with E-state index in [2.05, 4.69) is 54.9 Å². The molecule has 0 saturated carbocycles. The average molecular weight is 320 g/mol. The van der Waals surface area contributed by atoms with E-state index in [1.807, 2.05) is 6.08 Å². The number of nitrogens with zero attached hydrogens (tertiary/aromatic N) is 1. The van der Waals surface area contributed by atoms with Gasteiger partial charge in [0.1, 0.15) is 0 Å². The second-order valence-electron chi connectivity index (χ2n) is 6.65. The molecule has 0 N–H and O–H groups in total. The van der Waals surface area contributed by atoms with Crippen molar-refractivity contribution < 1.29 is 9.16 Å². The van der Waals surface area contributed by atoms with Crippen LogP contribution in [0.25, 0.3) is 0 Å². The van der Waals surface area contributed by atoms with Crippen LogP contribution in [0.4, 0.5) is 0 Å². The first kappa shape index (κ1) is 17.4. The molecule has 0 bridgehead atoms. The molecule has 0 radical (unpaired) electrons. The fraction of sp³-hybridized carbons (Fsp3) is 0.556. The first-order valence-corrected chi connectivity index (χ1v) is 11.3. The number of rotatable bonds is 6. The van der Waals surface area contributed by atoms with E-state index in [0.717, 1.165) is 32.7 Å². The first-order chi connectivity index (χ1) is 10.6. The molecular weight excluding hydrogens is 290 g/mol. The summed E-state index contributed by atoms with van der Waals surface area (Å²) in [4.78, 5) is 2.39. The highest BCUT2D eigenvalue weighted by molar-refractivity contribution is 6.71. The Kier molecular flexibility index (Phi) is 6.83. The highest BCUT2D eigenvalue weighted by Gasteiger charge is 2.29. The van der Waals surface area contributed by atoms with Crippen LogP contribution in [0.1, 0.15) is 12.0 Å². The number of ether oxygens (including phenoxy) is 1. The van der Waals surface area contributed by atoms with Crippen LogP contribution in [-0.4, -0.2) is 45.6 Å². The van der Waals surface area contributed by atoms with E-state index in [-0.39, 0.29) is 6.10 Å². The first-order valence-electron chi connectivity index (χ1n) is 8.22. The Hall–Kier alpha value is -0.943. The van der Waals surface area contributed by atoms with Gasteiger partial charge in [-0.15, -0.1) is 6.58 Å². The Labute approximate surface area is 136 Å². The van der Waals surface area contributed by atoms with Gasteiger partial charge in [0, 0.05) is 26.2 Å². The SMILES string of the molecule is C=CCN(Cc1ccccc1)CC1COCCC[Si](C)(C)O1. The van der Waals surface area contributed by atoms with Gasteiger partial charge in [-0.3, -0.25) is 4.90 Å². The maximum absolute atomic E-state index is 6.43. The van der Waals surface area contributed by atoms with Crippen LogP contribution in [0.15, 0.2) is 43.0 Å². The highest BCUT2D eigenvalue weighted by Crippen LogP contribution is 2.20. The molecule has 22 heavy (non-hydrogen) atoms. The zero-order chi connectivity index (χ0) is 15.8. The third-order valence-electron chi connectivity index (χ3n) is 3.96. The summed E-state index contributed by atoms with van der Waals surface area (Å²) in [5, 5.41) is 0. The van der Waals surface area contributed by atoms with E-state index in [4.69, 9.17) is 9.16 Å². The van der Waals surface area contributed by atoms with E-state index >= 15 is 0 Å². The topological polar surface area (TPSA) is 21.7 Å². The fourth-order valence-corrected chi connectivity index (χ4v) is 5.12. The van der Waals surface area contributed by atoms with Crippen LogP contribution < -0.4 is 0 Å². The van der Waals surface area contributed by atoms with Gasteiger partial charge in [0.15, 0.2) is 8.32 Å². The van der Waals surface area contributed by atoms with Crippen molar-refractivity contribution in [2.24, 2.45) is 0 Å². The largest absolute Gasteiger partial charge is 0.411 e. The normalized spacial score (nSPS) is 22.0. The minimum absolute atomic E-state index is 0.172. The molecule has 1 saturated heterocycles. The summed E-state index contributed by atoms with van der Waals surface area (Å²) in [5.41, 5.74) is 1.33. The molecular formula is C18H29NO2Si. The van der Waals surface area contributed by atoms with Crippen LogP contribution in [0, 0.1) is 0 Å². The summed E-state index contributed by atoms with van der Waals surface area (Å²) in [7, 11) is -1.55. The van der Waals surface area contributed by atoms with Crippen molar-refractivity contribution in [1.29, 1.82) is 0 Å². The Morgan fingerprint density at radius 3 is 2.82 bits per heavy atom. The minimum atomic E-state index is -1.55. The summed E-state index contributed by atoms with van der Waals surface area (Å²) in [6.07, 6.45) is 3.27. The Morgan fingerprint density at radius 1 is 1.32 bits per heavy atom. The van der Waals surface area contributed by atoms with Crippen molar-refractivity contribution >= 4 is 8.32 Å². The lowest BCUT2D eigenvalue weighted by Crippen LogP contribution is -2.45. The summed E-state index contributed by atoms with van der Waals surface area (Å²) in [6.45, 7) is 12.8. The van der Waals surface area contributed by atoms with E-state index in [9.17, 15) is 0 Å². The molecule has 1 aromatic carbocycles. The monoisotopic (exact) mass is 319 g/mol. The summed E-state index contributed by atoms with van der Waals surface area (Å²) in [6, 6.07) is 11.8. The number of hydrogen-bond donors (Lipinski definition) is 0. The predicted octanol–water partition coefficient (Wildman–Crippen LogP) is 3.69. The minimum Gasteiger partial charge on any atom is -0.411 e. The van der Waals surface area contributed by atoms with Gasteiger partial charge >= 0.3 is 0 Å². The molecule has 4 heteroatoms. The maximum atomic E-state index is 6.43. The van der Waals surface area contributed by atoms with Gasteiger partial charge < -0.3 is 9.16 Å². The third kappa shape index (κ3) is 6.05. The van der Waals surface area contributed by atoms with Crippen LogP contribution in [0.3, 0.4) is 0 Å². The van der Waals surface area contributed by atoms with E-state index < -0.39 is 8.32 Å². The molecule has 1 aliphatic heterocycles. The summed E-state index contributed by atoms with van der Waals surface area (Å²) >= 11 is 0. The zero-order valence-corrected chi connectivity index (χ0v) is 15.0. The lowest BCUT2D eigenvalue weighted by Gasteiger charge is -2.34. The van der Waals surface area contributed by atoms with E-state index in [1.165, 1.54) is 11.6 Å². The second-order valence-corrected chi connectivity index (χ2v) is 10.9. The lowest BCUT2D eigenvalue weighted by atomic mass is 10.2. The zero-order valence-electron chi connectivity index (χ0n) is 14.0. The number of hydrogen-bond acceptors (Lipinski definition) is 3. The number of benzene rings is 1.